The molecule has 0 saturated carbocycles. The number of carbonyl (C=O) groups is 2. The van der Waals surface area contributed by atoms with Crippen LogP contribution in [0.4, 0.5) is 0 Å². The van der Waals surface area contributed by atoms with Crippen molar-refractivity contribution in [2.24, 2.45) is 0 Å². The molecule has 0 heterocycles. The highest BCUT2D eigenvalue weighted by atomic mass is 32.2. The monoisotopic (exact) mass is 303 g/mol. The van der Waals surface area contributed by atoms with Gasteiger partial charge in [0.15, 0.2) is 0 Å². The predicted molar refractivity (Wildman–Crippen MR) is 86.2 cm³/mol. The molecule has 0 aliphatic carbocycles. The number of carboxylic acid groups (broad SMARTS) is 1. The van der Waals surface area contributed by atoms with Crippen LogP contribution in [-0.4, -0.2) is 35.5 Å². The van der Waals surface area contributed by atoms with Crippen molar-refractivity contribution in [3.05, 3.63) is 47.5 Å². The summed E-state index contributed by atoms with van der Waals surface area (Å²) in [6.07, 6.45) is 2.91. The van der Waals surface area contributed by atoms with Gasteiger partial charge in [-0.2, -0.15) is 11.8 Å². The second kappa shape index (κ2) is 7.13. The highest BCUT2D eigenvalue weighted by Gasteiger charge is 2.15. The van der Waals surface area contributed by atoms with Crippen LogP contribution in [0.3, 0.4) is 0 Å². The van der Waals surface area contributed by atoms with E-state index < -0.39 is 5.97 Å². The lowest BCUT2D eigenvalue weighted by molar-refractivity contribution is 0.0699. The normalized spacial score (nSPS) is 10.5. The molecule has 1 amide bonds. The highest BCUT2D eigenvalue weighted by Crippen LogP contribution is 2.23. The van der Waals surface area contributed by atoms with E-state index in [2.05, 4.69) is 5.32 Å². The molecular formula is C16H17NO3S. The molecule has 2 N–H and O–H groups in total. The molecule has 2 rings (SSSR count). The van der Waals surface area contributed by atoms with E-state index in [1.165, 1.54) is 6.07 Å². The van der Waals surface area contributed by atoms with Crippen LogP contribution in [0.15, 0.2) is 36.4 Å². The number of aromatic carboxylic acids is 1. The SMILES string of the molecule is CSCCCNC(=O)c1cccc2cccc(C(=O)O)c12. The fourth-order valence-corrected chi connectivity index (χ4v) is 2.66. The maximum Gasteiger partial charge on any atom is 0.336 e. The predicted octanol–water partition coefficient (Wildman–Crippen LogP) is 3.02. The van der Waals surface area contributed by atoms with Crippen LogP contribution >= 0.6 is 11.8 Å². The first-order chi connectivity index (χ1) is 10.1. The van der Waals surface area contributed by atoms with Crippen LogP contribution in [0, 0.1) is 0 Å². The second-order valence-corrected chi connectivity index (χ2v) is 5.60. The molecule has 21 heavy (non-hydrogen) atoms. The summed E-state index contributed by atoms with van der Waals surface area (Å²) in [5.41, 5.74) is 0.567. The molecule has 2 aromatic carbocycles. The summed E-state index contributed by atoms with van der Waals surface area (Å²) in [5.74, 6) is -0.269. The number of benzene rings is 2. The van der Waals surface area contributed by atoms with E-state index in [9.17, 15) is 14.7 Å². The minimum atomic E-state index is -1.02. The molecule has 0 bridgehead atoms. The van der Waals surface area contributed by atoms with Gasteiger partial charge in [-0.1, -0.05) is 24.3 Å². The molecular weight excluding hydrogens is 286 g/mol. The number of carbonyl (C=O) groups excluding carboxylic acids is 1. The van der Waals surface area contributed by atoms with Gasteiger partial charge in [-0.25, -0.2) is 4.79 Å². The summed E-state index contributed by atoms with van der Waals surface area (Å²) in [6.45, 7) is 0.589. The average molecular weight is 303 g/mol. The van der Waals surface area contributed by atoms with Crippen molar-refractivity contribution < 1.29 is 14.7 Å². The van der Waals surface area contributed by atoms with E-state index in [4.69, 9.17) is 0 Å². The van der Waals surface area contributed by atoms with Crippen LogP contribution in [0.25, 0.3) is 10.8 Å². The van der Waals surface area contributed by atoms with Gasteiger partial charge in [-0.15, -0.1) is 0 Å². The van der Waals surface area contributed by atoms with E-state index in [0.717, 1.165) is 17.6 Å². The Kier molecular flexibility index (Phi) is 5.22. The molecule has 2 aromatic rings. The van der Waals surface area contributed by atoms with Crippen LogP contribution < -0.4 is 5.32 Å². The summed E-state index contributed by atoms with van der Waals surface area (Å²) in [6, 6.07) is 10.3. The van der Waals surface area contributed by atoms with Gasteiger partial charge in [0.1, 0.15) is 0 Å². The number of amides is 1. The third-order valence-corrected chi connectivity index (χ3v) is 3.89. The van der Waals surface area contributed by atoms with Crippen molar-refractivity contribution in [1.29, 1.82) is 0 Å². The van der Waals surface area contributed by atoms with E-state index in [0.29, 0.717) is 17.5 Å². The summed E-state index contributed by atoms with van der Waals surface area (Å²) < 4.78 is 0. The number of hydrogen-bond acceptors (Lipinski definition) is 3. The first-order valence-corrected chi connectivity index (χ1v) is 8.06. The van der Waals surface area contributed by atoms with Gasteiger partial charge >= 0.3 is 5.97 Å². The van der Waals surface area contributed by atoms with Crippen molar-refractivity contribution in [2.45, 2.75) is 6.42 Å². The van der Waals surface area contributed by atoms with Gasteiger partial charge in [-0.3, -0.25) is 4.79 Å². The number of nitrogens with one attached hydrogen (secondary N) is 1. The summed E-state index contributed by atoms with van der Waals surface area (Å²) in [5, 5.41) is 13.4. The molecule has 110 valence electrons. The van der Waals surface area contributed by atoms with Crippen molar-refractivity contribution in [3.63, 3.8) is 0 Å². The molecule has 0 fully saturated rings. The van der Waals surface area contributed by atoms with Crippen LogP contribution in [0.5, 0.6) is 0 Å². The Morgan fingerprint density at radius 2 is 1.81 bits per heavy atom. The Hall–Kier alpha value is -2.01. The lowest BCUT2D eigenvalue weighted by Gasteiger charge is -2.10. The molecule has 0 aliphatic rings. The molecule has 0 atom stereocenters. The Balaban J connectivity index is 2.35. The smallest absolute Gasteiger partial charge is 0.336 e. The molecule has 5 heteroatoms. The number of rotatable bonds is 6. The zero-order chi connectivity index (χ0) is 15.2. The first-order valence-electron chi connectivity index (χ1n) is 6.67. The summed E-state index contributed by atoms with van der Waals surface area (Å²) in [7, 11) is 0. The first kappa shape index (κ1) is 15.4. The van der Waals surface area contributed by atoms with E-state index >= 15 is 0 Å². The number of carboxylic acids is 1. The van der Waals surface area contributed by atoms with Crippen molar-refractivity contribution in [3.8, 4) is 0 Å². The van der Waals surface area contributed by atoms with Crippen LogP contribution in [0.2, 0.25) is 0 Å². The lowest BCUT2D eigenvalue weighted by atomic mass is 9.98. The molecule has 0 spiro atoms. The van der Waals surface area contributed by atoms with Gasteiger partial charge in [0.2, 0.25) is 0 Å². The molecule has 0 saturated heterocycles. The van der Waals surface area contributed by atoms with E-state index in [1.807, 2.05) is 18.4 Å². The second-order valence-electron chi connectivity index (χ2n) is 4.62. The minimum Gasteiger partial charge on any atom is -0.478 e. The molecule has 0 radical (unpaired) electrons. The van der Waals surface area contributed by atoms with Gasteiger partial charge < -0.3 is 10.4 Å². The minimum absolute atomic E-state index is 0.155. The third-order valence-electron chi connectivity index (χ3n) is 3.19. The van der Waals surface area contributed by atoms with E-state index in [-0.39, 0.29) is 11.5 Å². The molecule has 0 unspecified atom stereocenters. The fraction of sp³-hybridized carbons (Fsp3) is 0.250. The van der Waals surface area contributed by atoms with Gasteiger partial charge in [0.25, 0.3) is 5.91 Å². The standard InChI is InChI=1S/C16H17NO3S/c1-21-10-4-9-17-15(18)12-7-2-5-11-6-3-8-13(14(11)12)16(19)20/h2-3,5-8H,4,9-10H2,1H3,(H,17,18)(H,19,20). The zero-order valence-electron chi connectivity index (χ0n) is 11.8. The van der Waals surface area contributed by atoms with Crippen molar-refractivity contribution >= 4 is 34.4 Å². The highest BCUT2D eigenvalue weighted by molar-refractivity contribution is 7.98. The quantitative estimate of drug-likeness (QED) is 0.805. The molecule has 0 aliphatic heterocycles. The number of hydrogen-bond donors (Lipinski definition) is 2. The topological polar surface area (TPSA) is 66.4 Å². The third kappa shape index (κ3) is 3.55. The Bertz CT molecular complexity index is 664. The Morgan fingerprint density at radius 3 is 2.43 bits per heavy atom. The van der Waals surface area contributed by atoms with Crippen molar-refractivity contribution in [2.75, 3.05) is 18.6 Å². The lowest BCUT2D eigenvalue weighted by Crippen LogP contribution is -2.25. The van der Waals surface area contributed by atoms with Crippen LogP contribution in [0.1, 0.15) is 27.1 Å². The Morgan fingerprint density at radius 1 is 1.14 bits per heavy atom. The van der Waals surface area contributed by atoms with Gasteiger partial charge in [0, 0.05) is 17.5 Å². The van der Waals surface area contributed by atoms with Gasteiger partial charge in [0.05, 0.1) is 5.56 Å². The summed E-state index contributed by atoms with van der Waals surface area (Å²) >= 11 is 1.73. The van der Waals surface area contributed by atoms with Gasteiger partial charge in [-0.05, 0) is 35.9 Å². The molecule has 0 aromatic heterocycles. The van der Waals surface area contributed by atoms with E-state index in [1.54, 1.807) is 30.0 Å². The fourth-order valence-electron chi connectivity index (χ4n) is 2.22. The molecule has 4 nitrogen and oxygen atoms in total. The average Bonchev–Trinajstić information content (AvgIpc) is 2.50. The number of fused-ring (bicyclic) bond motifs is 1. The van der Waals surface area contributed by atoms with Crippen LogP contribution in [-0.2, 0) is 0 Å². The number of thioether (sulfide) groups is 1. The summed E-state index contributed by atoms with van der Waals surface area (Å²) in [4.78, 5) is 23.6. The largest absolute Gasteiger partial charge is 0.478 e. The zero-order valence-corrected chi connectivity index (χ0v) is 12.6. The Labute approximate surface area is 127 Å². The van der Waals surface area contributed by atoms with Crippen molar-refractivity contribution in [1.82, 2.24) is 5.32 Å². The maximum absolute atomic E-state index is 12.3. The maximum atomic E-state index is 12.3.